The van der Waals surface area contributed by atoms with Crippen molar-refractivity contribution in [2.45, 2.75) is 66.0 Å². The van der Waals surface area contributed by atoms with Crippen LogP contribution in [0.4, 0.5) is 5.82 Å². The summed E-state index contributed by atoms with van der Waals surface area (Å²) in [6, 6.07) is 7.82. The van der Waals surface area contributed by atoms with E-state index in [9.17, 15) is 4.79 Å². The maximum atomic E-state index is 13.6. The maximum absolute atomic E-state index is 13.6. The van der Waals surface area contributed by atoms with Crippen molar-refractivity contribution in [3.05, 3.63) is 63.8 Å². The highest BCUT2D eigenvalue weighted by molar-refractivity contribution is 6.23. The molecule has 1 aliphatic carbocycles. The van der Waals surface area contributed by atoms with Gasteiger partial charge in [-0.05, 0) is 63.3 Å². The van der Waals surface area contributed by atoms with E-state index in [-0.39, 0.29) is 6.99 Å². The van der Waals surface area contributed by atoms with Gasteiger partial charge in [0.05, 0.1) is 5.69 Å². The fraction of sp³-hybridized carbons (Fsp3) is 0.444. The molecule has 34 heavy (non-hydrogen) atoms. The molecule has 3 aromatic heterocycles. The van der Waals surface area contributed by atoms with E-state index in [1.807, 2.05) is 35.8 Å². The zero-order valence-corrected chi connectivity index (χ0v) is 20.6. The minimum absolute atomic E-state index is 0. The predicted octanol–water partition coefficient (Wildman–Crippen LogP) is 5.51. The highest BCUT2D eigenvalue weighted by atomic mass is 16.1. The van der Waals surface area contributed by atoms with Gasteiger partial charge in [-0.3, -0.25) is 19.3 Å². The zero-order valence-electron chi connectivity index (χ0n) is 20.6. The van der Waals surface area contributed by atoms with Crippen LogP contribution in [0.25, 0.3) is 16.7 Å². The third-order valence-electron chi connectivity index (χ3n) is 6.59. The Kier molecular flexibility index (Phi) is 7.50. The highest BCUT2D eigenvalue weighted by Gasteiger charge is 2.20. The van der Waals surface area contributed by atoms with E-state index in [4.69, 9.17) is 4.98 Å². The van der Waals surface area contributed by atoms with Crippen molar-refractivity contribution >= 4 is 28.3 Å². The summed E-state index contributed by atoms with van der Waals surface area (Å²) in [4.78, 5) is 31.8. The average Bonchev–Trinajstić information content (AvgIpc) is 2.86. The van der Waals surface area contributed by atoms with Gasteiger partial charge in [-0.1, -0.05) is 30.9 Å². The summed E-state index contributed by atoms with van der Waals surface area (Å²) in [6.07, 6.45) is 9.56. The van der Waals surface area contributed by atoms with Gasteiger partial charge in [0.1, 0.15) is 5.52 Å². The first-order chi connectivity index (χ1) is 16.5. The molecule has 7 heteroatoms. The molecule has 3 aromatic rings. The van der Waals surface area contributed by atoms with Crippen LogP contribution < -0.4 is 10.9 Å². The summed E-state index contributed by atoms with van der Waals surface area (Å²) in [5.41, 5.74) is 6.14. The van der Waals surface area contributed by atoms with E-state index in [1.165, 1.54) is 19.3 Å². The largest absolute Gasteiger partial charge is 0.361 e. The van der Waals surface area contributed by atoms with Crippen molar-refractivity contribution in [1.82, 2.24) is 19.5 Å². The van der Waals surface area contributed by atoms with Crippen LogP contribution in [0.5, 0.6) is 0 Å². The van der Waals surface area contributed by atoms with E-state index in [0.29, 0.717) is 36.0 Å². The molecule has 1 fully saturated rings. The van der Waals surface area contributed by atoms with Crippen molar-refractivity contribution in [3.63, 3.8) is 0 Å². The zero-order chi connectivity index (χ0) is 24.1. The molecule has 0 radical (unpaired) electrons. The summed E-state index contributed by atoms with van der Waals surface area (Å²) in [7, 11) is 1.79. The Balaban J connectivity index is 0.00000342. The number of anilines is 1. The van der Waals surface area contributed by atoms with E-state index in [1.54, 1.807) is 19.4 Å². The van der Waals surface area contributed by atoms with E-state index in [2.05, 4.69) is 34.1 Å². The SMILES string of the molecule is CN=C(C)C(=C(C)C)c1ccc2nc(NCc3cccnc3)c(=O)n(CC3CCCCC3)c2n1.[HH]. The second-order valence-corrected chi connectivity index (χ2v) is 9.32. The number of aromatic nitrogens is 4. The van der Waals surface area contributed by atoms with Gasteiger partial charge < -0.3 is 5.32 Å². The number of fused-ring (bicyclic) bond motifs is 1. The number of hydrogen-bond acceptors (Lipinski definition) is 6. The minimum Gasteiger partial charge on any atom is -0.361 e. The van der Waals surface area contributed by atoms with Gasteiger partial charge in [0, 0.05) is 45.2 Å². The van der Waals surface area contributed by atoms with Crippen LogP contribution in [0.15, 0.2) is 52.0 Å². The van der Waals surface area contributed by atoms with Crippen LogP contribution in [0.3, 0.4) is 0 Å². The maximum Gasteiger partial charge on any atom is 0.294 e. The van der Waals surface area contributed by atoms with Crippen molar-refractivity contribution in [2.24, 2.45) is 10.9 Å². The highest BCUT2D eigenvalue weighted by Crippen LogP contribution is 2.27. The molecule has 1 saturated carbocycles. The minimum atomic E-state index is -0.119. The molecular weight excluding hydrogens is 424 g/mol. The molecule has 180 valence electrons. The Hall–Kier alpha value is -3.35. The van der Waals surface area contributed by atoms with E-state index >= 15 is 0 Å². The second kappa shape index (κ2) is 10.7. The van der Waals surface area contributed by atoms with Crippen LogP contribution in [-0.4, -0.2) is 32.3 Å². The quantitative estimate of drug-likeness (QED) is 0.470. The summed E-state index contributed by atoms with van der Waals surface area (Å²) in [6.45, 7) is 7.28. The number of nitrogens with one attached hydrogen (secondary N) is 1. The van der Waals surface area contributed by atoms with Crippen molar-refractivity contribution < 1.29 is 1.43 Å². The number of hydrogen-bond donors (Lipinski definition) is 1. The van der Waals surface area contributed by atoms with E-state index < -0.39 is 0 Å². The third-order valence-corrected chi connectivity index (χ3v) is 6.59. The summed E-state index contributed by atoms with van der Waals surface area (Å²) in [5, 5.41) is 3.24. The molecule has 0 atom stereocenters. The van der Waals surface area contributed by atoms with Gasteiger partial charge in [-0.25, -0.2) is 9.97 Å². The van der Waals surface area contributed by atoms with Crippen molar-refractivity contribution in [3.8, 4) is 0 Å². The van der Waals surface area contributed by atoms with E-state index in [0.717, 1.165) is 41.0 Å². The van der Waals surface area contributed by atoms with Gasteiger partial charge in [0.2, 0.25) is 0 Å². The van der Waals surface area contributed by atoms with Crippen LogP contribution in [0.2, 0.25) is 0 Å². The Labute approximate surface area is 202 Å². The monoisotopic (exact) mass is 460 g/mol. The van der Waals surface area contributed by atoms with Crippen molar-refractivity contribution in [2.75, 3.05) is 12.4 Å². The molecule has 0 aliphatic heterocycles. The Bertz CT molecular complexity index is 1270. The molecule has 0 aromatic carbocycles. The first-order valence-electron chi connectivity index (χ1n) is 12.1. The molecule has 7 nitrogen and oxygen atoms in total. The van der Waals surface area contributed by atoms with Crippen LogP contribution >= 0.6 is 0 Å². The van der Waals surface area contributed by atoms with Crippen molar-refractivity contribution in [1.29, 1.82) is 0 Å². The number of allylic oxidation sites excluding steroid dienone is 2. The predicted molar refractivity (Wildman–Crippen MR) is 141 cm³/mol. The Morgan fingerprint density at radius 1 is 1.15 bits per heavy atom. The first kappa shape index (κ1) is 23.8. The molecule has 0 amide bonds. The lowest BCUT2D eigenvalue weighted by atomic mass is 9.89. The van der Waals surface area contributed by atoms with Crippen LogP contribution in [0.1, 0.15) is 65.6 Å². The molecular formula is C27H36N6O. The molecule has 0 spiro atoms. The van der Waals surface area contributed by atoms with Crippen LogP contribution in [-0.2, 0) is 13.1 Å². The standard InChI is InChI=1S/C27H34N6O.H2/c1-18(2)24(19(3)28-4)22-12-13-23-26(32-22)33(17-20-9-6-5-7-10-20)27(34)25(31-23)30-16-21-11-8-14-29-15-21;/h8,11-15,20H,5-7,9-10,16-17H2,1-4H3,(H,30,31);1H. The average molecular weight is 461 g/mol. The number of nitrogens with zero attached hydrogens (tertiary/aromatic N) is 5. The summed E-state index contributed by atoms with van der Waals surface area (Å²) in [5.74, 6) is 0.839. The second-order valence-electron chi connectivity index (χ2n) is 9.32. The Morgan fingerprint density at radius 2 is 1.94 bits per heavy atom. The summed E-state index contributed by atoms with van der Waals surface area (Å²) >= 11 is 0. The summed E-state index contributed by atoms with van der Waals surface area (Å²) < 4.78 is 1.84. The topological polar surface area (TPSA) is 85.1 Å². The number of aliphatic imine (C=N–C) groups is 1. The molecule has 0 saturated heterocycles. The van der Waals surface area contributed by atoms with Gasteiger partial charge in [-0.15, -0.1) is 0 Å². The molecule has 0 bridgehead atoms. The molecule has 1 N–H and O–H groups in total. The fourth-order valence-corrected chi connectivity index (χ4v) is 4.77. The van der Waals surface area contributed by atoms with Gasteiger partial charge in [0.25, 0.3) is 5.56 Å². The van der Waals surface area contributed by atoms with Crippen LogP contribution in [0, 0.1) is 5.92 Å². The first-order valence-corrected chi connectivity index (χ1v) is 12.1. The molecule has 0 unspecified atom stereocenters. The van der Waals surface area contributed by atoms with Gasteiger partial charge >= 0.3 is 0 Å². The number of pyridine rings is 2. The van der Waals surface area contributed by atoms with Gasteiger partial charge in [-0.2, -0.15) is 0 Å². The normalized spacial score (nSPS) is 14.9. The lowest BCUT2D eigenvalue weighted by Crippen LogP contribution is -2.29. The Morgan fingerprint density at radius 3 is 2.62 bits per heavy atom. The lowest BCUT2D eigenvalue weighted by Gasteiger charge is -2.23. The molecule has 4 rings (SSSR count). The molecule has 1 aliphatic rings. The smallest absolute Gasteiger partial charge is 0.294 e. The fourth-order valence-electron chi connectivity index (χ4n) is 4.77. The number of rotatable bonds is 7. The third kappa shape index (κ3) is 5.24. The van der Waals surface area contributed by atoms with Gasteiger partial charge in [0.15, 0.2) is 11.5 Å². The molecule has 3 heterocycles. The lowest BCUT2D eigenvalue weighted by molar-refractivity contribution is 0.319.